The molecule has 1 N–H and O–H groups in total. The average molecular weight is 398 g/mol. The number of nitrogens with zero attached hydrogens (tertiary/aromatic N) is 1. The van der Waals surface area contributed by atoms with Crippen LogP contribution in [-0.2, 0) is 17.6 Å². The third-order valence-electron chi connectivity index (χ3n) is 4.30. The molecular weight excluding hydrogens is 384 g/mol. The van der Waals surface area contributed by atoms with Crippen LogP contribution in [0.1, 0.15) is 29.3 Å². The Labute approximate surface area is 156 Å². The molecule has 27 heavy (non-hydrogen) atoms. The van der Waals surface area contributed by atoms with Gasteiger partial charge in [-0.15, -0.1) is 11.3 Å². The molecule has 1 aromatic carbocycles. The Morgan fingerprint density at radius 3 is 2.63 bits per heavy atom. The van der Waals surface area contributed by atoms with Gasteiger partial charge in [-0.05, 0) is 30.7 Å². The zero-order chi connectivity index (χ0) is 19.7. The second kappa shape index (κ2) is 7.56. The molecule has 0 unspecified atom stereocenters. The maximum Gasteiger partial charge on any atom is 0.262 e. The number of rotatable bonds is 4. The molecule has 0 saturated carbocycles. The number of fused-ring (bicyclic) bond motifs is 1. The summed E-state index contributed by atoms with van der Waals surface area (Å²) in [5.41, 5.74) is 1.27. The van der Waals surface area contributed by atoms with Gasteiger partial charge in [-0.25, -0.2) is 8.78 Å². The zero-order valence-electron chi connectivity index (χ0n) is 14.2. The summed E-state index contributed by atoms with van der Waals surface area (Å²) in [6, 6.07) is 2.12. The van der Waals surface area contributed by atoms with Crippen LogP contribution in [0.25, 0.3) is 0 Å². The van der Waals surface area contributed by atoms with E-state index in [0.717, 1.165) is 29.7 Å². The number of carbonyl (C=O) groups is 1. The van der Waals surface area contributed by atoms with Crippen molar-refractivity contribution in [3.63, 3.8) is 0 Å². The van der Waals surface area contributed by atoms with Gasteiger partial charge in [0, 0.05) is 10.9 Å². The molecule has 1 aliphatic carbocycles. The molecule has 0 radical (unpaired) electrons. The van der Waals surface area contributed by atoms with E-state index in [-0.39, 0.29) is 6.07 Å². The first-order chi connectivity index (χ1) is 12.8. The summed E-state index contributed by atoms with van der Waals surface area (Å²) in [5, 5.41) is 12.2. The molecule has 9 heteroatoms. The van der Waals surface area contributed by atoms with Crippen molar-refractivity contribution in [1.29, 1.82) is 5.26 Å². The first kappa shape index (κ1) is 19.2. The maximum absolute atomic E-state index is 13.6. The van der Waals surface area contributed by atoms with Crippen molar-refractivity contribution in [1.82, 2.24) is 0 Å². The molecule has 1 amide bonds. The Kier molecular flexibility index (Phi) is 5.37. The number of amides is 1. The van der Waals surface area contributed by atoms with Gasteiger partial charge in [0.1, 0.15) is 11.1 Å². The van der Waals surface area contributed by atoms with Crippen LogP contribution < -0.4 is 10.1 Å². The molecule has 0 aliphatic heterocycles. The summed E-state index contributed by atoms with van der Waals surface area (Å²) in [4.78, 5) is 13.1. The van der Waals surface area contributed by atoms with Crippen molar-refractivity contribution in [2.75, 3.05) is 11.9 Å². The van der Waals surface area contributed by atoms with E-state index in [4.69, 9.17) is 0 Å². The molecule has 0 spiro atoms. The van der Waals surface area contributed by atoms with Crippen molar-refractivity contribution in [2.45, 2.75) is 26.2 Å². The van der Waals surface area contributed by atoms with Crippen molar-refractivity contribution in [2.24, 2.45) is 5.92 Å². The number of nitriles is 1. The van der Waals surface area contributed by atoms with Crippen LogP contribution in [0.3, 0.4) is 0 Å². The van der Waals surface area contributed by atoms with E-state index in [1.165, 1.54) is 11.3 Å². The van der Waals surface area contributed by atoms with E-state index in [1.807, 2.05) is 0 Å². The summed E-state index contributed by atoms with van der Waals surface area (Å²) in [6.45, 7) is 1.22. The van der Waals surface area contributed by atoms with E-state index < -0.39 is 41.5 Å². The number of anilines is 1. The molecule has 3 rings (SSSR count). The van der Waals surface area contributed by atoms with Gasteiger partial charge in [-0.2, -0.15) is 14.0 Å². The van der Waals surface area contributed by atoms with E-state index in [0.29, 0.717) is 16.5 Å². The smallest absolute Gasteiger partial charge is 0.262 e. The fraction of sp³-hybridized carbons (Fsp3) is 0.333. The van der Waals surface area contributed by atoms with Gasteiger partial charge in [0.05, 0.1) is 5.56 Å². The lowest BCUT2D eigenvalue weighted by atomic mass is 9.89. The van der Waals surface area contributed by atoms with Gasteiger partial charge in [0.15, 0.2) is 24.0 Å². The molecule has 1 aromatic heterocycles. The second-order valence-corrected chi connectivity index (χ2v) is 7.41. The lowest BCUT2D eigenvalue weighted by Crippen LogP contribution is -2.21. The predicted molar refractivity (Wildman–Crippen MR) is 90.6 cm³/mol. The van der Waals surface area contributed by atoms with Crippen molar-refractivity contribution >= 4 is 22.2 Å². The minimum atomic E-state index is -1.72. The van der Waals surface area contributed by atoms with Gasteiger partial charge in [0.25, 0.3) is 5.91 Å². The highest BCUT2D eigenvalue weighted by molar-refractivity contribution is 7.16. The Hall–Kier alpha value is -2.60. The zero-order valence-corrected chi connectivity index (χ0v) is 15.0. The number of hydrogen-bond acceptors (Lipinski definition) is 4. The highest BCUT2D eigenvalue weighted by atomic mass is 32.1. The number of carbonyl (C=O) groups excluding carboxylic acids is 1. The number of benzene rings is 1. The third-order valence-corrected chi connectivity index (χ3v) is 5.47. The molecular formula is C18H14F4N2O2S. The summed E-state index contributed by atoms with van der Waals surface area (Å²) >= 11 is 1.27. The van der Waals surface area contributed by atoms with Crippen LogP contribution in [0.4, 0.5) is 22.6 Å². The summed E-state index contributed by atoms with van der Waals surface area (Å²) in [7, 11) is 0. The van der Waals surface area contributed by atoms with Gasteiger partial charge in [0.2, 0.25) is 11.6 Å². The van der Waals surface area contributed by atoms with Crippen LogP contribution in [0, 0.1) is 40.5 Å². The van der Waals surface area contributed by atoms with Crippen LogP contribution in [0.15, 0.2) is 6.07 Å². The van der Waals surface area contributed by atoms with E-state index in [9.17, 15) is 27.6 Å². The lowest BCUT2D eigenvalue weighted by Gasteiger charge is -2.17. The maximum atomic E-state index is 13.6. The topological polar surface area (TPSA) is 62.1 Å². The molecule has 0 bridgehead atoms. The van der Waals surface area contributed by atoms with Gasteiger partial charge >= 0.3 is 0 Å². The SMILES string of the molecule is C[C@@H]1CCc2c(sc(NC(=O)COc3c(F)c(F)cc(F)c3F)c2C#N)C1. The highest BCUT2D eigenvalue weighted by Gasteiger charge is 2.25. The monoisotopic (exact) mass is 398 g/mol. The normalized spacial score (nSPS) is 15.8. The third kappa shape index (κ3) is 3.76. The minimum Gasteiger partial charge on any atom is -0.477 e. The molecule has 0 fully saturated rings. The lowest BCUT2D eigenvalue weighted by molar-refractivity contribution is -0.118. The molecule has 1 heterocycles. The molecule has 142 valence electrons. The van der Waals surface area contributed by atoms with E-state index >= 15 is 0 Å². The van der Waals surface area contributed by atoms with Crippen molar-refractivity contribution < 1.29 is 27.1 Å². The summed E-state index contributed by atoms with van der Waals surface area (Å²) < 4.78 is 58.0. The standard InChI is InChI=1S/C18H14F4N2O2S/c1-8-2-3-9-10(6-23)18(27-13(9)4-8)24-14(25)7-26-17-15(21)11(19)5-12(20)16(17)22/h5,8H,2-4,7H2,1H3,(H,24,25)/t8-/m1/s1. The Bertz CT molecular complexity index is 926. The Morgan fingerprint density at radius 1 is 1.33 bits per heavy atom. The minimum absolute atomic E-state index is 0.0496. The highest BCUT2D eigenvalue weighted by Crippen LogP contribution is 2.39. The fourth-order valence-electron chi connectivity index (χ4n) is 2.94. The number of nitrogens with one attached hydrogen (secondary N) is 1. The second-order valence-electron chi connectivity index (χ2n) is 6.30. The average Bonchev–Trinajstić information content (AvgIpc) is 2.95. The Balaban J connectivity index is 1.74. The molecule has 0 saturated heterocycles. The molecule has 1 atom stereocenters. The summed E-state index contributed by atoms with van der Waals surface area (Å²) in [5.74, 6) is -8.33. The predicted octanol–water partition coefficient (Wildman–Crippen LogP) is 4.32. The first-order valence-electron chi connectivity index (χ1n) is 8.12. The quantitative estimate of drug-likeness (QED) is 0.616. The number of hydrogen-bond donors (Lipinski definition) is 1. The molecule has 1 aliphatic rings. The van der Waals surface area contributed by atoms with Gasteiger partial charge in [-0.1, -0.05) is 6.92 Å². The van der Waals surface area contributed by atoms with Gasteiger partial charge in [-0.3, -0.25) is 4.79 Å². The molecule has 4 nitrogen and oxygen atoms in total. The van der Waals surface area contributed by atoms with Crippen LogP contribution in [0.2, 0.25) is 0 Å². The van der Waals surface area contributed by atoms with E-state index in [1.54, 1.807) is 0 Å². The number of halogens is 4. The Morgan fingerprint density at radius 2 is 2.00 bits per heavy atom. The number of thiophene rings is 1. The molecule has 2 aromatic rings. The van der Waals surface area contributed by atoms with Crippen LogP contribution >= 0.6 is 11.3 Å². The van der Waals surface area contributed by atoms with Gasteiger partial charge < -0.3 is 10.1 Å². The van der Waals surface area contributed by atoms with E-state index in [2.05, 4.69) is 23.0 Å². The largest absolute Gasteiger partial charge is 0.477 e. The van der Waals surface area contributed by atoms with Crippen molar-refractivity contribution in [3.05, 3.63) is 45.3 Å². The first-order valence-corrected chi connectivity index (χ1v) is 8.93. The van der Waals surface area contributed by atoms with Crippen LogP contribution in [-0.4, -0.2) is 12.5 Å². The fourth-order valence-corrected chi connectivity index (χ4v) is 4.31. The van der Waals surface area contributed by atoms with Crippen LogP contribution in [0.5, 0.6) is 5.75 Å². The van der Waals surface area contributed by atoms with Crippen molar-refractivity contribution in [3.8, 4) is 11.8 Å². The summed E-state index contributed by atoms with van der Waals surface area (Å²) in [6.07, 6.45) is 2.49. The number of ether oxygens (including phenoxy) is 1.